The molecule has 8 aromatic rings. The van der Waals surface area contributed by atoms with E-state index in [1.54, 1.807) is 0 Å². The monoisotopic (exact) mass is 641 g/mol. The first-order chi connectivity index (χ1) is 24.4. The number of hydrogen-bond acceptors (Lipinski definition) is 1. The molecule has 7 aromatic carbocycles. The number of benzene rings is 7. The topological polar surface area (TPSA) is 12.9 Å². The van der Waals surface area contributed by atoms with E-state index in [2.05, 4.69) is 178 Å². The molecule has 1 nitrogen and oxygen atoms in total. The summed E-state index contributed by atoms with van der Waals surface area (Å²) < 4.78 is 0. The normalized spacial score (nSPS) is 13.1. The van der Waals surface area contributed by atoms with Gasteiger partial charge in [-0.25, -0.2) is 0 Å². The molecule has 0 atom stereocenters. The summed E-state index contributed by atoms with van der Waals surface area (Å²) in [5.41, 5.74) is 16.7. The average Bonchev–Trinajstić information content (AvgIpc) is 3.39. The Morgan fingerprint density at radius 2 is 0.900 bits per heavy atom. The zero-order valence-electron chi connectivity index (χ0n) is 29.0. The van der Waals surface area contributed by atoms with Gasteiger partial charge < -0.3 is 0 Å². The maximum absolute atomic E-state index is 4.60. The molecule has 0 unspecified atom stereocenters. The summed E-state index contributed by atoms with van der Waals surface area (Å²) in [4.78, 5) is 4.60. The Balaban J connectivity index is 1.10. The Hall–Kier alpha value is -5.79. The van der Waals surface area contributed by atoms with Crippen LogP contribution in [0.4, 0.5) is 0 Å². The fourth-order valence-corrected chi connectivity index (χ4v) is 8.23. The Morgan fingerprint density at radius 1 is 0.440 bits per heavy atom. The second-order valence-electron chi connectivity index (χ2n) is 14.6. The highest BCUT2D eigenvalue weighted by Gasteiger charge is 2.36. The highest BCUT2D eigenvalue weighted by molar-refractivity contribution is 6.21. The van der Waals surface area contributed by atoms with Gasteiger partial charge in [-0.05, 0) is 113 Å². The van der Waals surface area contributed by atoms with Gasteiger partial charge in [0.05, 0.1) is 0 Å². The first-order valence-corrected chi connectivity index (χ1v) is 17.7. The van der Waals surface area contributed by atoms with Crippen molar-refractivity contribution in [1.29, 1.82) is 0 Å². The van der Waals surface area contributed by atoms with Gasteiger partial charge >= 0.3 is 0 Å². The van der Waals surface area contributed by atoms with Gasteiger partial charge in [-0.15, -0.1) is 0 Å². The van der Waals surface area contributed by atoms with Gasteiger partial charge in [0, 0.05) is 23.2 Å². The molecule has 240 valence electrons. The fraction of sp³-hybridized carbons (Fsp3) is 0.122. The van der Waals surface area contributed by atoms with Crippen LogP contribution in [-0.2, 0) is 5.41 Å². The van der Waals surface area contributed by atoms with E-state index in [9.17, 15) is 0 Å². The zero-order chi connectivity index (χ0) is 34.0. The van der Waals surface area contributed by atoms with Crippen molar-refractivity contribution < 1.29 is 0 Å². The lowest BCUT2D eigenvalue weighted by atomic mass is 9.80. The van der Waals surface area contributed by atoms with Gasteiger partial charge in [0.2, 0.25) is 0 Å². The van der Waals surface area contributed by atoms with Crippen molar-refractivity contribution in [2.45, 2.75) is 39.0 Å². The lowest BCUT2D eigenvalue weighted by molar-refractivity contribution is 0.661. The minimum absolute atomic E-state index is 0.0974. The van der Waals surface area contributed by atoms with E-state index in [0.717, 1.165) is 0 Å². The first-order valence-electron chi connectivity index (χ1n) is 17.7. The summed E-state index contributed by atoms with van der Waals surface area (Å²) in [5, 5.41) is 4.89. The van der Waals surface area contributed by atoms with Crippen LogP contribution in [0.2, 0.25) is 0 Å². The quantitative estimate of drug-likeness (QED) is 0.170. The third kappa shape index (κ3) is 4.80. The molecule has 0 bridgehead atoms. The van der Waals surface area contributed by atoms with E-state index in [-0.39, 0.29) is 5.41 Å². The van der Waals surface area contributed by atoms with Crippen LogP contribution in [-0.4, -0.2) is 4.98 Å². The summed E-state index contributed by atoms with van der Waals surface area (Å²) in [6.07, 6.45) is 3.94. The molecule has 9 rings (SSSR count). The summed E-state index contributed by atoms with van der Waals surface area (Å²) in [7, 11) is 0. The number of fused-ring (bicyclic) bond motifs is 5. The van der Waals surface area contributed by atoms with Crippen LogP contribution in [0.25, 0.3) is 77.2 Å². The number of pyridine rings is 1. The van der Waals surface area contributed by atoms with Crippen LogP contribution < -0.4 is 0 Å². The third-order valence-electron chi connectivity index (χ3n) is 11.0. The molecule has 1 aliphatic rings. The van der Waals surface area contributed by atoms with Gasteiger partial charge in [0.15, 0.2) is 0 Å². The highest BCUT2D eigenvalue weighted by atomic mass is 14.6. The number of hydrogen-bond donors (Lipinski definition) is 0. The van der Waals surface area contributed by atoms with E-state index in [1.165, 1.54) is 93.9 Å². The Kier molecular flexibility index (Phi) is 7.07. The third-order valence-corrected chi connectivity index (χ3v) is 11.0. The SMILES string of the molecule is CC(C)c1ccc(-c2ccc3c(c2)C(C)(C)c2cc(-c4ccc(-c5c6ccccc6c(-c6ccccc6)c6ccncc56)cc4)ccc2-3)cc1. The molecule has 1 aliphatic carbocycles. The molecule has 0 fully saturated rings. The summed E-state index contributed by atoms with van der Waals surface area (Å²) in [6, 6.07) is 54.0. The van der Waals surface area contributed by atoms with Crippen molar-refractivity contribution in [2.24, 2.45) is 0 Å². The second kappa shape index (κ2) is 11.7. The van der Waals surface area contributed by atoms with Crippen molar-refractivity contribution in [1.82, 2.24) is 4.98 Å². The number of aromatic nitrogens is 1. The molecular formula is C49H39N. The first kappa shape index (κ1) is 30.3. The molecule has 0 spiro atoms. The van der Waals surface area contributed by atoms with Crippen molar-refractivity contribution in [3.63, 3.8) is 0 Å². The lowest BCUT2D eigenvalue weighted by Gasteiger charge is -2.23. The molecular weight excluding hydrogens is 603 g/mol. The molecule has 1 aromatic heterocycles. The van der Waals surface area contributed by atoms with Gasteiger partial charge in [-0.2, -0.15) is 0 Å². The molecule has 0 saturated heterocycles. The van der Waals surface area contributed by atoms with Gasteiger partial charge in [0.1, 0.15) is 0 Å². The molecule has 1 heteroatoms. The van der Waals surface area contributed by atoms with Gasteiger partial charge in [0.25, 0.3) is 0 Å². The molecule has 50 heavy (non-hydrogen) atoms. The Labute approximate surface area is 294 Å². The van der Waals surface area contributed by atoms with E-state index in [4.69, 9.17) is 0 Å². The minimum atomic E-state index is -0.0974. The van der Waals surface area contributed by atoms with Crippen molar-refractivity contribution >= 4 is 21.5 Å². The van der Waals surface area contributed by atoms with Crippen LogP contribution in [0.3, 0.4) is 0 Å². The number of nitrogens with zero attached hydrogens (tertiary/aromatic N) is 1. The van der Waals surface area contributed by atoms with Crippen molar-refractivity contribution in [2.75, 3.05) is 0 Å². The molecule has 0 aliphatic heterocycles. The van der Waals surface area contributed by atoms with E-state index in [1.807, 2.05) is 12.4 Å². The smallest absolute Gasteiger partial charge is 0.0353 e. The standard InChI is InChI=1S/C49H39N/c1-31(2)32-14-16-33(17-15-32)37-22-24-39-40-25-23-38(29-46(40)49(3,4)45(39)28-37)34-18-20-36(21-19-34)48-42-13-9-8-12-41(42)47(35-10-6-5-7-11-35)43-26-27-50-30-44(43)48/h5-31H,1-4H3. The summed E-state index contributed by atoms with van der Waals surface area (Å²) in [6.45, 7) is 9.25. The van der Waals surface area contributed by atoms with Crippen molar-refractivity contribution in [3.05, 3.63) is 175 Å². The molecule has 0 radical (unpaired) electrons. The average molecular weight is 642 g/mol. The predicted molar refractivity (Wildman–Crippen MR) is 213 cm³/mol. The van der Waals surface area contributed by atoms with E-state index >= 15 is 0 Å². The Morgan fingerprint density at radius 3 is 1.48 bits per heavy atom. The molecule has 0 saturated carbocycles. The molecule has 0 N–H and O–H groups in total. The summed E-state index contributed by atoms with van der Waals surface area (Å²) >= 11 is 0. The second-order valence-corrected chi connectivity index (χ2v) is 14.6. The van der Waals surface area contributed by atoms with Crippen LogP contribution in [0.5, 0.6) is 0 Å². The fourth-order valence-electron chi connectivity index (χ4n) is 8.23. The van der Waals surface area contributed by atoms with Gasteiger partial charge in [-0.1, -0.05) is 155 Å². The van der Waals surface area contributed by atoms with E-state index < -0.39 is 0 Å². The van der Waals surface area contributed by atoms with Crippen LogP contribution in [0.15, 0.2) is 158 Å². The maximum Gasteiger partial charge on any atom is 0.0353 e. The minimum Gasteiger partial charge on any atom is -0.264 e. The largest absolute Gasteiger partial charge is 0.264 e. The predicted octanol–water partition coefficient (Wildman–Crippen LogP) is 13.5. The molecule has 0 amide bonds. The summed E-state index contributed by atoms with van der Waals surface area (Å²) in [5.74, 6) is 0.534. The van der Waals surface area contributed by atoms with E-state index in [0.29, 0.717) is 5.92 Å². The maximum atomic E-state index is 4.60. The van der Waals surface area contributed by atoms with Crippen molar-refractivity contribution in [3.8, 4) is 55.6 Å². The van der Waals surface area contributed by atoms with Crippen LogP contribution in [0, 0.1) is 0 Å². The zero-order valence-corrected chi connectivity index (χ0v) is 29.0. The number of rotatable bonds is 5. The van der Waals surface area contributed by atoms with Gasteiger partial charge in [-0.3, -0.25) is 4.98 Å². The Bertz CT molecular complexity index is 2500. The van der Waals surface area contributed by atoms with Crippen LogP contribution >= 0.6 is 0 Å². The van der Waals surface area contributed by atoms with Crippen LogP contribution in [0.1, 0.15) is 50.3 Å². The molecule has 1 heterocycles. The highest BCUT2D eigenvalue weighted by Crippen LogP contribution is 2.51. The lowest BCUT2D eigenvalue weighted by Crippen LogP contribution is -2.15.